The summed E-state index contributed by atoms with van der Waals surface area (Å²) in [4.78, 5) is 4.14. The van der Waals surface area contributed by atoms with Gasteiger partial charge in [-0.3, -0.25) is 0 Å². The van der Waals surface area contributed by atoms with Crippen LogP contribution in [-0.4, -0.2) is 28.8 Å². The normalized spacial score (nSPS) is 16.5. The Morgan fingerprint density at radius 2 is 2.21 bits per heavy atom. The largest absolute Gasteiger partial charge is 0.447 e. The van der Waals surface area contributed by atoms with E-state index in [9.17, 15) is 8.42 Å². The monoisotopic (exact) mass is 282 g/mol. The van der Waals surface area contributed by atoms with Crippen LogP contribution in [0, 0.1) is 0 Å². The number of nitrogens with zero attached hydrogens (tertiary/aromatic N) is 3. The molecule has 0 radical (unpaired) electrons. The van der Waals surface area contributed by atoms with Crippen LogP contribution >= 0.6 is 0 Å². The Kier molecular flexibility index (Phi) is 2.92. The summed E-state index contributed by atoms with van der Waals surface area (Å²) in [6.45, 7) is 1.44. The first kappa shape index (κ1) is 12.4. The van der Waals surface area contributed by atoms with Gasteiger partial charge in [0.25, 0.3) is 10.0 Å². The van der Waals surface area contributed by atoms with Crippen molar-refractivity contribution in [1.29, 1.82) is 0 Å². The van der Waals surface area contributed by atoms with E-state index in [0.29, 0.717) is 18.8 Å². The number of hydrogen-bond donors (Lipinski definition) is 1. The molecule has 0 aromatic carbocycles. The van der Waals surface area contributed by atoms with E-state index < -0.39 is 10.0 Å². The molecule has 1 aliphatic heterocycles. The van der Waals surface area contributed by atoms with Crippen LogP contribution in [0.4, 0.5) is 0 Å². The molecule has 19 heavy (non-hydrogen) atoms. The Balaban J connectivity index is 1.89. The van der Waals surface area contributed by atoms with Crippen LogP contribution in [-0.2, 0) is 29.7 Å². The molecule has 0 atom stereocenters. The Morgan fingerprint density at radius 1 is 1.37 bits per heavy atom. The van der Waals surface area contributed by atoms with E-state index in [0.717, 1.165) is 5.82 Å². The first-order valence-corrected chi connectivity index (χ1v) is 7.34. The van der Waals surface area contributed by atoms with E-state index in [1.807, 2.05) is 10.8 Å². The van der Waals surface area contributed by atoms with Gasteiger partial charge < -0.3 is 14.7 Å². The van der Waals surface area contributed by atoms with Gasteiger partial charge in [-0.15, -0.1) is 0 Å². The molecule has 0 fully saturated rings. The molecule has 3 heterocycles. The highest BCUT2D eigenvalue weighted by atomic mass is 32.2. The zero-order chi connectivity index (χ0) is 13.5. The van der Waals surface area contributed by atoms with Crippen LogP contribution in [0.2, 0.25) is 0 Å². The van der Waals surface area contributed by atoms with Gasteiger partial charge in [0.2, 0.25) is 5.09 Å². The molecule has 8 heteroatoms. The summed E-state index contributed by atoms with van der Waals surface area (Å²) in [5.74, 6) is 1.19. The van der Waals surface area contributed by atoms with Gasteiger partial charge in [-0.05, 0) is 12.1 Å². The maximum atomic E-state index is 12.4. The van der Waals surface area contributed by atoms with E-state index in [2.05, 4.69) is 4.98 Å². The number of nitrogens with two attached hydrogens (primary N) is 1. The van der Waals surface area contributed by atoms with E-state index in [1.54, 1.807) is 12.3 Å². The zero-order valence-corrected chi connectivity index (χ0v) is 11.0. The molecule has 2 aromatic heterocycles. The maximum Gasteiger partial charge on any atom is 0.276 e. The van der Waals surface area contributed by atoms with E-state index in [4.69, 9.17) is 10.2 Å². The summed E-state index contributed by atoms with van der Waals surface area (Å²) in [5.41, 5.74) is 5.42. The van der Waals surface area contributed by atoms with Gasteiger partial charge in [0, 0.05) is 25.5 Å². The third-order valence-electron chi connectivity index (χ3n) is 3.14. The molecule has 0 bridgehead atoms. The van der Waals surface area contributed by atoms with Crippen molar-refractivity contribution < 1.29 is 12.8 Å². The van der Waals surface area contributed by atoms with Gasteiger partial charge in [0.1, 0.15) is 11.6 Å². The van der Waals surface area contributed by atoms with Crippen molar-refractivity contribution in [1.82, 2.24) is 13.9 Å². The molecule has 0 amide bonds. The van der Waals surface area contributed by atoms with Gasteiger partial charge in [-0.1, -0.05) is 0 Å². The van der Waals surface area contributed by atoms with Crippen LogP contribution in [0.25, 0.3) is 0 Å². The average molecular weight is 282 g/mol. The number of sulfonamides is 1. The Morgan fingerprint density at radius 3 is 2.95 bits per heavy atom. The maximum absolute atomic E-state index is 12.4. The SMILES string of the molecule is NCc1ccc(S(=O)(=O)N2CCn3ccnc3C2)o1. The standard InChI is InChI=1S/C11H14N4O3S/c12-7-9-1-2-11(18-9)19(16,17)15-6-5-14-4-3-13-10(14)8-15/h1-4H,5-8,12H2. The molecule has 0 saturated heterocycles. The van der Waals surface area contributed by atoms with Crippen molar-refractivity contribution in [3.63, 3.8) is 0 Å². The third-order valence-corrected chi connectivity index (χ3v) is 4.86. The fourth-order valence-electron chi connectivity index (χ4n) is 2.09. The van der Waals surface area contributed by atoms with Crippen LogP contribution in [0.1, 0.15) is 11.6 Å². The summed E-state index contributed by atoms with van der Waals surface area (Å²) >= 11 is 0. The van der Waals surface area contributed by atoms with Crippen molar-refractivity contribution in [3.8, 4) is 0 Å². The molecule has 3 rings (SSSR count). The van der Waals surface area contributed by atoms with Gasteiger partial charge >= 0.3 is 0 Å². The Hall–Kier alpha value is -1.64. The van der Waals surface area contributed by atoms with Crippen molar-refractivity contribution >= 4 is 10.0 Å². The average Bonchev–Trinajstić information content (AvgIpc) is 3.06. The van der Waals surface area contributed by atoms with Crippen molar-refractivity contribution in [2.75, 3.05) is 6.54 Å². The summed E-state index contributed by atoms with van der Waals surface area (Å²) in [6.07, 6.45) is 3.52. The molecular weight excluding hydrogens is 268 g/mol. The van der Waals surface area contributed by atoms with E-state index >= 15 is 0 Å². The highest BCUT2D eigenvalue weighted by Gasteiger charge is 2.31. The number of furan rings is 1. The minimum Gasteiger partial charge on any atom is -0.447 e. The summed E-state index contributed by atoms with van der Waals surface area (Å²) in [7, 11) is -3.61. The third kappa shape index (κ3) is 2.07. The van der Waals surface area contributed by atoms with Crippen molar-refractivity contribution in [2.24, 2.45) is 5.73 Å². The lowest BCUT2D eigenvalue weighted by atomic mass is 10.4. The summed E-state index contributed by atoms with van der Waals surface area (Å²) in [5, 5.41) is -0.0621. The number of hydrogen-bond acceptors (Lipinski definition) is 5. The molecule has 102 valence electrons. The quantitative estimate of drug-likeness (QED) is 0.864. The Bertz CT molecular complexity index is 688. The molecule has 0 spiro atoms. The van der Waals surface area contributed by atoms with Crippen molar-refractivity contribution in [3.05, 3.63) is 36.1 Å². The van der Waals surface area contributed by atoms with E-state index in [1.165, 1.54) is 10.4 Å². The predicted octanol–water partition coefficient (Wildman–Crippen LogP) is 0.139. The highest BCUT2D eigenvalue weighted by Crippen LogP contribution is 2.22. The first-order valence-electron chi connectivity index (χ1n) is 5.90. The Labute approximate surface area is 110 Å². The lowest BCUT2D eigenvalue weighted by Gasteiger charge is -2.25. The molecule has 0 saturated carbocycles. The summed E-state index contributed by atoms with van der Waals surface area (Å²) in [6, 6.07) is 3.02. The number of rotatable bonds is 3. The second kappa shape index (κ2) is 4.48. The van der Waals surface area contributed by atoms with Gasteiger partial charge in [0.15, 0.2) is 0 Å². The molecule has 2 aromatic rings. The summed E-state index contributed by atoms with van der Waals surface area (Å²) < 4.78 is 33.4. The number of imidazole rings is 1. The van der Waals surface area contributed by atoms with Crippen LogP contribution in [0.3, 0.4) is 0 Å². The second-order valence-corrected chi connectivity index (χ2v) is 6.17. The fraction of sp³-hybridized carbons (Fsp3) is 0.364. The molecule has 0 unspecified atom stereocenters. The van der Waals surface area contributed by atoms with Gasteiger partial charge in [-0.2, -0.15) is 4.31 Å². The van der Waals surface area contributed by atoms with Crippen LogP contribution in [0.5, 0.6) is 0 Å². The number of fused-ring (bicyclic) bond motifs is 1. The topological polar surface area (TPSA) is 94.4 Å². The molecule has 7 nitrogen and oxygen atoms in total. The lowest BCUT2D eigenvalue weighted by Crippen LogP contribution is -2.38. The smallest absolute Gasteiger partial charge is 0.276 e. The zero-order valence-electron chi connectivity index (χ0n) is 10.2. The first-order chi connectivity index (χ1) is 9.11. The number of aromatic nitrogens is 2. The molecule has 0 aliphatic carbocycles. The minimum atomic E-state index is -3.61. The van der Waals surface area contributed by atoms with Crippen molar-refractivity contribution in [2.45, 2.75) is 24.7 Å². The predicted molar refractivity (Wildman–Crippen MR) is 66.4 cm³/mol. The lowest BCUT2D eigenvalue weighted by molar-refractivity contribution is 0.319. The molecule has 1 aliphatic rings. The van der Waals surface area contributed by atoms with Gasteiger partial charge in [0.05, 0.1) is 13.1 Å². The van der Waals surface area contributed by atoms with E-state index in [-0.39, 0.29) is 18.2 Å². The fourth-order valence-corrected chi connectivity index (χ4v) is 3.40. The van der Waals surface area contributed by atoms with Gasteiger partial charge in [-0.25, -0.2) is 13.4 Å². The molecule has 2 N–H and O–H groups in total. The van der Waals surface area contributed by atoms with Crippen LogP contribution in [0.15, 0.2) is 34.0 Å². The van der Waals surface area contributed by atoms with Crippen LogP contribution < -0.4 is 5.73 Å². The second-order valence-electron chi connectivity index (χ2n) is 4.30. The minimum absolute atomic E-state index is 0.0621. The molecular formula is C11H14N4O3S. The highest BCUT2D eigenvalue weighted by molar-refractivity contribution is 7.89.